The summed E-state index contributed by atoms with van der Waals surface area (Å²) in [5.41, 5.74) is 0. The number of rotatable bonds is 2. The van der Waals surface area contributed by atoms with E-state index < -0.39 is 6.43 Å². The number of hydrogen-bond donors (Lipinski definition) is 0. The molecule has 0 saturated heterocycles. The van der Waals surface area contributed by atoms with Gasteiger partial charge in [0.1, 0.15) is 5.15 Å². The van der Waals surface area contributed by atoms with Gasteiger partial charge < -0.3 is 0 Å². The van der Waals surface area contributed by atoms with Crippen LogP contribution in [-0.2, 0) is 6.42 Å². The SMILES string of the molecule is FC(F)Cc1cc(Cl)ns1. The molecule has 0 aliphatic heterocycles. The Kier molecular flexibility index (Phi) is 2.56. The number of nitrogens with zero attached hydrogens (tertiary/aromatic N) is 1. The minimum Gasteiger partial charge on any atom is -0.210 e. The highest BCUT2D eigenvalue weighted by Gasteiger charge is 2.06. The summed E-state index contributed by atoms with van der Waals surface area (Å²) in [6, 6.07) is 1.46. The Morgan fingerprint density at radius 1 is 1.70 bits per heavy atom. The van der Waals surface area contributed by atoms with Crippen molar-refractivity contribution < 1.29 is 8.78 Å². The third kappa shape index (κ3) is 2.19. The van der Waals surface area contributed by atoms with Crippen molar-refractivity contribution in [3.8, 4) is 0 Å². The van der Waals surface area contributed by atoms with Crippen LogP contribution in [0.4, 0.5) is 8.78 Å². The van der Waals surface area contributed by atoms with Crippen molar-refractivity contribution in [1.82, 2.24) is 4.37 Å². The molecule has 0 aliphatic carbocycles. The monoisotopic (exact) mass is 183 g/mol. The maximum absolute atomic E-state index is 11.7. The Morgan fingerprint density at radius 2 is 2.40 bits per heavy atom. The first-order valence-corrected chi connectivity index (χ1v) is 3.73. The lowest BCUT2D eigenvalue weighted by Crippen LogP contribution is -1.92. The molecule has 5 heteroatoms. The van der Waals surface area contributed by atoms with Gasteiger partial charge in [0, 0.05) is 11.3 Å². The molecule has 0 amide bonds. The summed E-state index contributed by atoms with van der Waals surface area (Å²) in [5.74, 6) is 0. The van der Waals surface area contributed by atoms with E-state index in [1.165, 1.54) is 6.07 Å². The van der Waals surface area contributed by atoms with Crippen LogP contribution < -0.4 is 0 Å². The molecule has 0 spiro atoms. The van der Waals surface area contributed by atoms with Gasteiger partial charge in [-0.1, -0.05) is 11.6 Å². The summed E-state index contributed by atoms with van der Waals surface area (Å²) in [7, 11) is 0. The predicted octanol–water partition coefficient (Wildman–Crippen LogP) is 2.60. The van der Waals surface area contributed by atoms with E-state index >= 15 is 0 Å². The average Bonchev–Trinajstić information content (AvgIpc) is 2.13. The van der Waals surface area contributed by atoms with Gasteiger partial charge >= 0.3 is 0 Å². The number of aromatic nitrogens is 1. The van der Waals surface area contributed by atoms with Crippen molar-refractivity contribution in [3.63, 3.8) is 0 Å². The maximum atomic E-state index is 11.7. The molecule has 0 radical (unpaired) electrons. The normalized spacial score (nSPS) is 10.8. The van der Waals surface area contributed by atoms with Gasteiger partial charge in [0.25, 0.3) is 0 Å². The molecule has 0 unspecified atom stereocenters. The van der Waals surface area contributed by atoms with Crippen LogP contribution in [-0.4, -0.2) is 10.8 Å². The number of alkyl halides is 2. The van der Waals surface area contributed by atoms with Crippen LogP contribution in [0.2, 0.25) is 5.15 Å². The van der Waals surface area contributed by atoms with Crippen molar-refractivity contribution in [3.05, 3.63) is 16.1 Å². The minimum absolute atomic E-state index is 0.246. The molecule has 1 nitrogen and oxygen atoms in total. The molecule has 1 aromatic heterocycles. The van der Waals surface area contributed by atoms with E-state index in [9.17, 15) is 8.78 Å². The largest absolute Gasteiger partial charge is 0.243 e. The van der Waals surface area contributed by atoms with Gasteiger partial charge in [0.15, 0.2) is 0 Å². The zero-order valence-electron chi connectivity index (χ0n) is 4.85. The van der Waals surface area contributed by atoms with Gasteiger partial charge in [0.05, 0.1) is 0 Å². The summed E-state index contributed by atoms with van der Waals surface area (Å²) in [6.07, 6.45) is -2.55. The Balaban J connectivity index is 2.58. The quantitative estimate of drug-likeness (QED) is 0.687. The predicted molar refractivity (Wildman–Crippen MR) is 36.8 cm³/mol. The van der Waals surface area contributed by atoms with E-state index in [1.807, 2.05) is 0 Å². The van der Waals surface area contributed by atoms with Gasteiger partial charge in [-0.05, 0) is 17.6 Å². The second-order valence-corrected chi connectivity index (χ2v) is 2.99. The van der Waals surface area contributed by atoms with Crippen molar-refractivity contribution >= 4 is 23.1 Å². The first-order valence-electron chi connectivity index (χ1n) is 2.57. The van der Waals surface area contributed by atoms with E-state index in [0.29, 0.717) is 10.0 Å². The summed E-state index contributed by atoms with van der Waals surface area (Å²) in [6.45, 7) is 0. The highest BCUT2D eigenvalue weighted by molar-refractivity contribution is 7.06. The summed E-state index contributed by atoms with van der Waals surface area (Å²) >= 11 is 6.41. The van der Waals surface area contributed by atoms with Crippen LogP contribution in [0.3, 0.4) is 0 Å². The van der Waals surface area contributed by atoms with Gasteiger partial charge in [0.2, 0.25) is 6.43 Å². The highest BCUT2D eigenvalue weighted by atomic mass is 35.5. The Hall–Kier alpha value is -0.220. The Labute approximate surface area is 65.8 Å². The van der Waals surface area contributed by atoms with Crippen LogP contribution in [0, 0.1) is 0 Å². The number of halogens is 3. The molecule has 0 bridgehead atoms. The second-order valence-electron chi connectivity index (χ2n) is 1.71. The van der Waals surface area contributed by atoms with E-state index in [4.69, 9.17) is 11.6 Å². The van der Waals surface area contributed by atoms with Crippen LogP contribution in [0.25, 0.3) is 0 Å². The van der Waals surface area contributed by atoms with Gasteiger partial charge in [-0.3, -0.25) is 0 Å². The smallest absolute Gasteiger partial charge is 0.210 e. The summed E-state index contributed by atoms with van der Waals surface area (Å²) < 4.78 is 27.0. The fourth-order valence-electron chi connectivity index (χ4n) is 0.536. The molecule has 0 N–H and O–H groups in total. The topological polar surface area (TPSA) is 12.9 Å². The van der Waals surface area contributed by atoms with E-state index in [-0.39, 0.29) is 6.42 Å². The molecule has 0 fully saturated rings. The zero-order valence-corrected chi connectivity index (χ0v) is 6.42. The third-order valence-corrected chi connectivity index (χ3v) is 1.99. The lowest BCUT2D eigenvalue weighted by atomic mass is 10.4. The average molecular weight is 184 g/mol. The van der Waals surface area contributed by atoms with Crippen LogP contribution >= 0.6 is 23.1 Å². The molecular weight excluding hydrogens is 180 g/mol. The fraction of sp³-hybridized carbons (Fsp3) is 0.400. The van der Waals surface area contributed by atoms with Crippen molar-refractivity contribution in [2.45, 2.75) is 12.8 Å². The molecule has 0 aliphatic rings. The van der Waals surface area contributed by atoms with Gasteiger partial charge in [-0.2, -0.15) is 4.37 Å². The molecule has 0 atom stereocenters. The Morgan fingerprint density at radius 3 is 2.80 bits per heavy atom. The first kappa shape index (κ1) is 7.88. The highest BCUT2D eigenvalue weighted by Crippen LogP contribution is 2.17. The molecule has 0 aromatic carbocycles. The van der Waals surface area contributed by atoms with Crippen molar-refractivity contribution in [2.75, 3.05) is 0 Å². The van der Waals surface area contributed by atoms with E-state index in [1.54, 1.807) is 0 Å². The van der Waals surface area contributed by atoms with E-state index in [0.717, 1.165) is 11.5 Å². The van der Waals surface area contributed by atoms with Crippen molar-refractivity contribution in [2.24, 2.45) is 0 Å². The summed E-state index contributed by atoms with van der Waals surface area (Å²) in [5, 5.41) is 0.292. The minimum atomic E-state index is -2.31. The lowest BCUT2D eigenvalue weighted by Gasteiger charge is -1.90. The standard InChI is InChI=1S/C5H4ClF2NS/c6-4-1-3(10-9-4)2-5(7)8/h1,5H,2H2. The third-order valence-electron chi connectivity index (χ3n) is 0.886. The van der Waals surface area contributed by atoms with Crippen molar-refractivity contribution in [1.29, 1.82) is 0 Å². The number of hydrogen-bond acceptors (Lipinski definition) is 2. The van der Waals surface area contributed by atoms with E-state index in [2.05, 4.69) is 4.37 Å². The van der Waals surface area contributed by atoms with Gasteiger partial charge in [-0.15, -0.1) is 0 Å². The maximum Gasteiger partial charge on any atom is 0.243 e. The molecule has 1 rings (SSSR count). The molecule has 1 heterocycles. The van der Waals surface area contributed by atoms with Crippen LogP contribution in [0.15, 0.2) is 6.07 Å². The lowest BCUT2D eigenvalue weighted by molar-refractivity contribution is 0.150. The molecule has 1 aromatic rings. The second kappa shape index (κ2) is 3.25. The molecular formula is C5H4ClF2NS. The summed E-state index contributed by atoms with van der Waals surface area (Å²) in [4.78, 5) is 0.528. The molecule has 56 valence electrons. The van der Waals surface area contributed by atoms with Crippen LogP contribution in [0.5, 0.6) is 0 Å². The molecule has 10 heavy (non-hydrogen) atoms. The van der Waals surface area contributed by atoms with Crippen LogP contribution in [0.1, 0.15) is 4.88 Å². The zero-order chi connectivity index (χ0) is 7.56. The Bertz CT molecular complexity index is 213. The first-order chi connectivity index (χ1) is 4.68. The fourth-order valence-corrected chi connectivity index (χ4v) is 1.46. The molecule has 0 saturated carbocycles. The van der Waals surface area contributed by atoms with Gasteiger partial charge in [-0.25, -0.2) is 8.78 Å².